The van der Waals surface area contributed by atoms with Crippen LogP contribution in [0.3, 0.4) is 0 Å². The lowest BCUT2D eigenvalue weighted by Crippen LogP contribution is -2.23. The number of hydrogen-bond acceptors (Lipinski definition) is 1. The number of rotatable bonds is 17. The van der Waals surface area contributed by atoms with Gasteiger partial charge in [0.1, 0.15) is 0 Å². The summed E-state index contributed by atoms with van der Waals surface area (Å²) in [6.45, 7) is 16.8. The van der Waals surface area contributed by atoms with Crippen LogP contribution in [0.5, 0.6) is 0 Å². The summed E-state index contributed by atoms with van der Waals surface area (Å²) in [7, 11) is 0. The maximum atomic E-state index is 5.04. The third kappa shape index (κ3) is 12.7. The Morgan fingerprint density at radius 2 is 1.12 bits per heavy atom. The van der Waals surface area contributed by atoms with Crippen molar-refractivity contribution in [2.24, 2.45) is 29.6 Å². The van der Waals surface area contributed by atoms with Crippen molar-refractivity contribution in [3.05, 3.63) is 0 Å². The minimum Gasteiger partial charge on any atom is -0.176 e. The standard InChI is InChI=1S/C25H52S/c1-8-11-15-20(4)18-22(6)19-21(5)16-12-17-25(26)24(14-10-3)23(7)13-9-2/h20-26H,8-19H2,1-7H3. The van der Waals surface area contributed by atoms with E-state index in [2.05, 4.69) is 48.5 Å². The first kappa shape index (κ1) is 26.4. The summed E-state index contributed by atoms with van der Waals surface area (Å²) in [6, 6.07) is 0. The first-order valence-corrected chi connectivity index (χ1v) is 12.5. The highest BCUT2D eigenvalue weighted by Gasteiger charge is 2.23. The molecule has 0 fully saturated rings. The zero-order valence-electron chi connectivity index (χ0n) is 19.4. The molecule has 0 rings (SSSR count). The highest BCUT2D eigenvalue weighted by atomic mass is 32.1. The molecule has 0 aromatic rings. The molecule has 1 heteroatoms. The predicted molar refractivity (Wildman–Crippen MR) is 125 cm³/mol. The maximum absolute atomic E-state index is 5.04. The predicted octanol–water partition coefficient (Wildman–Crippen LogP) is 9.19. The fraction of sp³-hybridized carbons (Fsp3) is 1.00. The summed E-state index contributed by atoms with van der Waals surface area (Å²) in [5.74, 6) is 4.33. The van der Waals surface area contributed by atoms with E-state index in [0.29, 0.717) is 5.25 Å². The molecule has 26 heavy (non-hydrogen) atoms. The molecule has 0 nitrogen and oxygen atoms in total. The number of hydrogen-bond donors (Lipinski definition) is 1. The lowest BCUT2D eigenvalue weighted by molar-refractivity contribution is 0.286. The van der Waals surface area contributed by atoms with Gasteiger partial charge in [0.05, 0.1) is 0 Å². The summed E-state index contributed by atoms with van der Waals surface area (Å²) in [5, 5.41) is 0.607. The highest BCUT2D eigenvalue weighted by Crippen LogP contribution is 2.32. The van der Waals surface area contributed by atoms with E-state index >= 15 is 0 Å². The maximum Gasteiger partial charge on any atom is 0.00476 e. The molecule has 0 aromatic heterocycles. The molecule has 0 saturated carbocycles. The van der Waals surface area contributed by atoms with Crippen molar-refractivity contribution < 1.29 is 0 Å². The van der Waals surface area contributed by atoms with Crippen LogP contribution in [0.1, 0.15) is 126 Å². The normalized spacial score (nSPS) is 18.9. The molecule has 0 aliphatic carbocycles. The van der Waals surface area contributed by atoms with Crippen LogP contribution in [-0.2, 0) is 0 Å². The van der Waals surface area contributed by atoms with E-state index in [0.717, 1.165) is 29.6 Å². The van der Waals surface area contributed by atoms with Gasteiger partial charge in [0, 0.05) is 5.25 Å². The van der Waals surface area contributed by atoms with Gasteiger partial charge in [-0.05, 0) is 55.3 Å². The van der Waals surface area contributed by atoms with E-state index in [1.807, 2.05) is 0 Å². The molecule has 6 unspecified atom stereocenters. The van der Waals surface area contributed by atoms with E-state index in [4.69, 9.17) is 12.6 Å². The molecule has 158 valence electrons. The molecular weight excluding hydrogens is 332 g/mol. The Bertz CT molecular complexity index is 301. The van der Waals surface area contributed by atoms with Crippen molar-refractivity contribution in [1.29, 1.82) is 0 Å². The van der Waals surface area contributed by atoms with Gasteiger partial charge < -0.3 is 0 Å². The molecule has 0 heterocycles. The SMILES string of the molecule is CCCCC(C)CC(C)CC(C)CCCC(S)C(CCC)C(C)CCC. The Balaban J connectivity index is 4.11. The third-order valence-electron chi connectivity index (χ3n) is 6.45. The Morgan fingerprint density at radius 1 is 0.577 bits per heavy atom. The summed E-state index contributed by atoms with van der Waals surface area (Å²) in [6.07, 6.45) is 16.4. The fourth-order valence-electron chi connectivity index (χ4n) is 5.01. The van der Waals surface area contributed by atoms with Crippen molar-refractivity contribution in [1.82, 2.24) is 0 Å². The lowest BCUT2D eigenvalue weighted by Gasteiger charge is -2.29. The minimum atomic E-state index is 0.607. The molecule has 0 aliphatic rings. The van der Waals surface area contributed by atoms with Gasteiger partial charge in [-0.15, -0.1) is 0 Å². The molecular formula is C25H52S. The molecule has 0 spiro atoms. The smallest absolute Gasteiger partial charge is 0.00476 e. The zero-order chi connectivity index (χ0) is 19.9. The van der Waals surface area contributed by atoms with Gasteiger partial charge >= 0.3 is 0 Å². The van der Waals surface area contributed by atoms with E-state index in [-0.39, 0.29) is 0 Å². The molecule has 0 radical (unpaired) electrons. The van der Waals surface area contributed by atoms with Gasteiger partial charge in [-0.2, -0.15) is 12.6 Å². The van der Waals surface area contributed by atoms with Crippen LogP contribution in [0.15, 0.2) is 0 Å². The van der Waals surface area contributed by atoms with E-state index < -0.39 is 0 Å². The molecule has 0 aromatic carbocycles. The third-order valence-corrected chi connectivity index (χ3v) is 7.09. The Kier molecular flexibility index (Phi) is 16.5. The summed E-state index contributed by atoms with van der Waals surface area (Å²) in [4.78, 5) is 0. The van der Waals surface area contributed by atoms with Crippen LogP contribution in [0.4, 0.5) is 0 Å². The van der Waals surface area contributed by atoms with Crippen molar-refractivity contribution >= 4 is 12.6 Å². The van der Waals surface area contributed by atoms with Gasteiger partial charge in [0.25, 0.3) is 0 Å². The monoisotopic (exact) mass is 384 g/mol. The van der Waals surface area contributed by atoms with Crippen molar-refractivity contribution in [2.75, 3.05) is 0 Å². The Morgan fingerprint density at radius 3 is 1.62 bits per heavy atom. The van der Waals surface area contributed by atoms with Gasteiger partial charge in [0.15, 0.2) is 0 Å². The van der Waals surface area contributed by atoms with Crippen LogP contribution in [0, 0.1) is 29.6 Å². The lowest BCUT2D eigenvalue weighted by atomic mass is 9.81. The summed E-state index contributed by atoms with van der Waals surface area (Å²) >= 11 is 5.04. The molecule has 6 atom stereocenters. The Labute approximate surface area is 173 Å². The largest absolute Gasteiger partial charge is 0.176 e. The molecule has 0 amide bonds. The van der Waals surface area contributed by atoms with Gasteiger partial charge in [0.2, 0.25) is 0 Å². The second kappa shape index (κ2) is 16.3. The van der Waals surface area contributed by atoms with Gasteiger partial charge in [-0.25, -0.2) is 0 Å². The van der Waals surface area contributed by atoms with Crippen LogP contribution < -0.4 is 0 Å². The average molecular weight is 385 g/mol. The van der Waals surface area contributed by atoms with E-state index in [1.54, 1.807) is 0 Å². The second-order valence-electron chi connectivity index (χ2n) is 9.65. The number of unbranched alkanes of at least 4 members (excludes halogenated alkanes) is 1. The topological polar surface area (TPSA) is 0 Å². The van der Waals surface area contributed by atoms with E-state index in [9.17, 15) is 0 Å². The van der Waals surface area contributed by atoms with Crippen molar-refractivity contribution in [3.8, 4) is 0 Å². The number of thiol groups is 1. The van der Waals surface area contributed by atoms with Crippen LogP contribution in [0.2, 0.25) is 0 Å². The molecule has 0 aliphatic heterocycles. The molecule has 0 bridgehead atoms. The summed E-state index contributed by atoms with van der Waals surface area (Å²) < 4.78 is 0. The highest BCUT2D eigenvalue weighted by molar-refractivity contribution is 7.81. The zero-order valence-corrected chi connectivity index (χ0v) is 20.3. The van der Waals surface area contributed by atoms with Gasteiger partial charge in [-0.3, -0.25) is 0 Å². The minimum absolute atomic E-state index is 0.607. The molecule has 0 saturated heterocycles. The first-order chi connectivity index (χ1) is 12.3. The van der Waals surface area contributed by atoms with Crippen LogP contribution >= 0.6 is 12.6 Å². The van der Waals surface area contributed by atoms with Crippen LogP contribution in [-0.4, -0.2) is 5.25 Å². The average Bonchev–Trinajstić information content (AvgIpc) is 2.57. The van der Waals surface area contributed by atoms with Crippen LogP contribution in [0.25, 0.3) is 0 Å². The second-order valence-corrected chi connectivity index (χ2v) is 10.3. The van der Waals surface area contributed by atoms with Crippen molar-refractivity contribution in [2.45, 2.75) is 131 Å². The Hall–Kier alpha value is 0.350. The van der Waals surface area contributed by atoms with Crippen molar-refractivity contribution in [3.63, 3.8) is 0 Å². The molecule has 0 N–H and O–H groups in total. The van der Waals surface area contributed by atoms with Gasteiger partial charge in [-0.1, -0.05) is 99.8 Å². The fourth-order valence-corrected chi connectivity index (χ4v) is 5.63. The summed E-state index contributed by atoms with van der Waals surface area (Å²) in [5.41, 5.74) is 0. The van der Waals surface area contributed by atoms with E-state index in [1.165, 1.54) is 77.0 Å². The quantitative estimate of drug-likeness (QED) is 0.237. The first-order valence-electron chi connectivity index (χ1n) is 12.0.